The zero-order chi connectivity index (χ0) is 13.3. The lowest BCUT2D eigenvalue weighted by Gasteiger charge is -2.06. The van der Waals surface area contributed by atoms with Gasteiger partial charge in [-0.2, -0.15) is 0 Å². The molecule has 1 aromatic heterocycles. The van der Waals surface area contributed by atoms with Gasteiger partial charge in [0.25, 0.3) is 0 Å². The third-order valence-corrected chi connectivity index (χ3v) is 2.64. The van der Waals surface area contributed by atoms with E-state index in [1.165, 1.54) is 18.3 Å². The number of benzene rings is 1. The molecular weight excluding hydrogens is 235 g/mol. The molecule has 0 bridgehead atoms. The Morgan fingerprint density at radius 1 is 1.33 bits per heavy atom. The smallest absolute Gasteiger partial charge is 0.339 e. The fraction of sp³-hybridized carbons (Fsp3) is 0.0769. The van der Waals surface area contributed by atoms with Gasteiger partial charge in [0.2, 0.25) is 0 Å². The van der Waals surface area contributed by atoms with E-state index in [1.807, 2.05) is 0 Å². The Morgan fingerprint density at radius 3 is 2.67 bits per heavy atom. The number of nitrogens with zero attached hydrogens (tertiary/aromatic N) is 1. The van der Waals surface area contributed by atoms with Gasteiger partial charge >= 0.3 is 5.97 Å². The maximum Gasteiger partial charge on any atom is 0.339 e. The van der Waals surface area contributed by atoms with Gasteiger partial charge in [0, 0.05) is 11.8 Å². The van der Waals surface area contributed by atoms with Crippen LogP contribution in [0.5, 0.6) is 0 Å². The minimum Gasteiger partial charge on any atom is -0.478 e. The number of carboxylic acids is 1. The Balaban J connectivity index is 2.54. The number of carbonyl (C=O) groups is 1. The first kappa shape index (κ1) is 12.0. The van der Waals surface area contributed by atoms with Crippen LogP contribution in [-0.2, 0) is 0 Å². The summed E-state index contributed by atoms with van der Waals surface area (Å²) >= 11 is 0. The molecule has 5 heteroatoms. The van der Waals surface area contributed by atoms with Crippen LogP contribution in [0, 0.1) is 12.7 Å². The van der Waals surface area contributed by atoms with E-state index in [0.717, 1.165) is 0 Å². The van der Waals surface area contributed by atoms with Crippen molar-refractivity contribution in [3.05, 3.63) is 47.4 Å². The van der Waals surface area contributed by atoms with Crippen LogP contribution in [0.2, 0.25) is 0 Å². The van der Waals surface area contributed by atoms with Crippen molar-refractivity contribution >= 4 is 11.8 Å². The molecule has 18 heavy (non-hydrogen) atoms. The topological polar surface area (TPSA) is 76.2 Å². The van der Waals surface area contributed by atoms with Crippen LogP contribution in [0.15, 0.2) is 30.5 Å². The van der Waals surface area contributed by atoms with E-state index in [-0.39, 0.29) is 17.2 Å². The number of nitrogens with two attached hydrogens (primary N) is 1. The molecule has 0 fully saturated rings. The Morgan fingerprint density at radius 2 is 2.06 bits per heavy atom. The Bertz CT molecular complexity index is 626. The first-order valence-electron chi connectivity index (χ1n) is 5.24. The molecule has 0 aliphatic heterocycles. The second kappa shape index (κ2) is 4.44. The number of aryl methyl sites for hydroxylation is 1. The molecule has 0 atom stereocenters. The molecular formula is C13H11FN2O2. The number of hydrogen-bond donors (Lipinski definition) is 2. The number of pyridine rings is 1. The molecule has 0 aliphatic rings. The van der Waals surface area contributed by atoms with E-state index >= 15 is 0 Å². The molecule has 92 valence electrons. The zero-order valence-corrected chi connectivity index (χ0v) is 9.64. The molecule has 0 spiro atoms. The molecule has 3 N–H and O–H groups in total. The van der Waals surface area contributed by atoms with Crippen LogP contribution in [0.1, 0.15) is 15.9 Å². The van der Waals surface area contributed by atoms with E-state index in [2.05, 4.69) is 4.98 Å². The van der Waals surface area contributed by atoms with E-state index < -0.39 is 5.97 Å². The van der Waals surface area contributed by atoms with Crippen LogP contribution in [0.4, 0.5) is 10.2 Å². The summed E-state index contributed by atoms with van der Waals surface area (Å²) in [7, 11) is 0. The summed E-state index contributed by atoms with van der Waals surface area (Å²) in [6, 6.07) is 5.97. The van der Waals surface area contributed by atoms with Crippen LogP contribution in [-0.4, -0.2) is 16.1 Å². The van der Waals surface area contributed by atoms with Gasteiger partial charge in [-0.1, -0.05) is 6.07 Å². The zero-order valence-electron chi connectivity index (χ0n) is 9.64. The van der Waals surface area contributed by atoms with Crippen molar-refractivity contribution in [3.63, 3.8) is 0 Å². The first-order chi connectivity index (χ1) is 8.49. The van der Waals surface area contributed by atoms with Crippen molar-refractivity contribution in [2.45, 2.75) is 6.92 Å². The van der Waals surface area contributed by atoms with Gasteiger partial charge in [0.15, 0.2) is 0 Å². The highest BCUT2D eigenvalue weighted by Gasteiger charge is 2.11. The fourth-order valence-electron chi connectivity index (χ4n) is 1.63. The monoisotopic (exact) mass is 246 g/mol. The third-order valence-electron chi connectivity index (χ3n) is 2.64. The van der Waals surface area contributed by atoms with Gasteiger partial charge in [-0.3, -0.25) is 0 Å². The Kier molecular flexibility index (Phi) is 2.97. The molecule has 1 aromatic carbocycles. The van der Waals surface area contributed by atoms with Gasteiger partial charge in [0.1, 0.15) is 17.2 Å². The summed E-state index contributed by atoms with van der Waals surface area (Å²) in [4.78, 5) is 14.8. The van der Waals surface area contributed by atoms with E-state index in [0.29, 0.717) is 16.7 Å². The average Bonchev–Trinajstić information content (AvgIpc) is 2.33. The molecule has 2 aromatic rings. The number of aromatic carboxylic acids is 1. The normalized spacial score (nSPS) is 10.3. The molecule has 0 saturated carbocycles. The maximum atomic E-state index is 13.2. The molecule has 0 amide bonds. The van der Waals surface area contributed by atoms with Crippen molar-refractivity contribution in [3.8, 4) is 11.1 Å². The summed E-state index contributed by atoms with van der Waals surface area (Å²) in [5, 5.41) is 8.96. The molecule has 0 radical (unpaired) electrons. The molecule has 4 nitrogen and oxygen atoms in total. The Labute approximate surface area is 103 Å². The molecule has 0 saturated heterocycles. The van der Waals surface area contributed by atoms with Gasteiger partial charge < -0.3 is 10.8 Å². The number of hydrogen-bond acceptors (Lipinski definition) is 3. The van der Waals surface area contributed by atoms with Crippen LogP contribution in [0.3, 0.4) is 0 Å². The fourth-order valence-corrected chi connectivity index (χ4v) is 1.63. The summed E-state index contributed by atoms with van der Waals surface area (Å²) in [5.74, 6) is -1.48. The highest BCUT2D eigenvalue weighted by Crippen LogP contribution is 2.23. The number of nitrogen functional groups attached to an aromatic ring is 1. The van der Waals surface area contributed by atoms with E-state index in [1.54, 1.807) is 19.1 Å². The van der Waals surface area contributed by atoms with Gasteiger partial charge in [-0.25, -0.2) is 14.2 Å². The molecule has 0 unspecified atom stereocenters. The number of carboxylic acid groups (broad SMARTS) is 1. The Hall–Kier alpha value is -2.43. The number of rotatable bonds is 2. The molecule has 0 aliphatic carbocycles. The van der Waals surface area contributed by atoms with Crippen LogP contribution < -0.4 is 5.73 Å². The number of halogens is 1. The van der Waals surface area contributed by atoms with Crippen molar-refractivity contribution in [1.29, 1.82) is 0 Å². The van der Waals surface area contributed by atoms with Crippen molar-refractivity contribution < 1.29 is 14.3 Å². The summed E-state index contributed by atoms with van der Waals surface area (Å²) in [6.07, 6.45) is 1.47. The number of anilines is 1. The quantitative estimate of drug-likeness (QED) is 0.853. The lowest BCUT2D eigenvalue weighted by molar-refractivity contribution is 0.0697. The SMILES string of the molecule is Cc1cc(-c2cnc(N)c(C(=O)O)c2)ccc1F. The van der Waals surface area contributed by atoms with Gasteiger partial charge in [0.05, 0.1) is 0 Å². The predicted molar refractivity (Wildman–Crippen MR) is 65.7 cm³/mol. The minimum atomic E-state index is -1.14. The summed E-state index contributed by atoms with van der Waals surface area (Å²) in [6.45, 7) is 1.64. The van der Waals surface area contributed by atoms with Gasteiger partial charge in [-0.15, -0.1) is 0 Å². The number of aromatic nitrogens is 1. The second-order valence-electron chi connectivity index (χ2n) is 3.93. The van der Waals surface area contributed by atoms with Crippen molar-refractivity contribution in [2.75, 3.05) is 5.73 Å². The lowest BCUT2D eigenvalue weighted by atomic mass is 10.0. The lowest BCUT2D eigenvalue weighted by Crippen LogP contribution is -2.04. The summed E-state index contributed by atoms with van der Waals surface area (Å²) in [5.41, 5.74) is 7.18. The third kappa shape index (κ3) is 2.15. The summed E-state index contributed by atoms with van der Waals surface area (Å²) < 4.78 is 13.2. The molecule has 2 rings (SSSR count). The largest absolute Gasteiger partial charge is 0.478 e. The highest BCUT2D eigenvalue weighted by molar-refractivity contribution is 5.94. The van der Waals surface area contributed by atoms with E-state index in [9.17, 15) is 9.18 Å². The standard InChI is InChI=1S/C13H11FN2O2/c1-7-4-8(2-3-11(7)14)9-5-10(13(17)18)12(15)16-6-9/h2-6H,1H3,(H2,15,16)(H,17,18). The van der Waals surface area contributed by atoms with E-state index in [4.69, 9.17) is 10.8 Å². The molecule has 1 heterocycles. The maximum absolute atomic E-state index is 13.2. The first-order valence-corrected chi connectivity index (χ1v) is 5.24. The van der Waals surface area contributed by atoms with Gasteiger partial charge in [-0.05, 0) is 36.2 Å². The van der Waals surface area contributed by atoms with Crippen molar-refractivity contribution in [1.82, 2.24) is 4.98 Å². The minimum absolute atomic E-state index is 0.0370. The predicted octanol–water partition coefficient (Wildman–Crippen LogP) is 2.48. The van der Waals surface area contributed by atoms with Crippen molar-refractivity contribution in [2.24, 2.45) is 0 Å². The average molecular weight is 246 g/mol. The highest BCUT2D eigenvalue weighted by atomic mass is 19.1. The van der Waals surface area contributed by atoms with Crippen LogP contribution in [0.25, 0.3) is 11.1 Å². The second-order valence-corrected chi connectivity index (χ2v) is 3.93. The van der Waals surface area contributed by atoms with Crippen LogP contribution >= 0.6 is 0 Å².